The van der Waals surface area contributed by atoms with Gasteiger partial charge in [-0.05, 0) is 66.6 Å². The number of carbonyl (C=O) groups excluding carboxylic acids is 1. The molecule has 4 aromatic rings. The molecule has 162 valence electrons. The number of aromatic amines is 1. The van der Waals surface area contributed by atoms with E-state index in [-0.39, 0.29) is 22.8 Å². The van der Waals surface area contributed by atoms with Crippen molar-refractivity contribution in [2.75, 3.05) is 6.54 Å². The number of amides is 1. The highest BCUT2D eigenvalue weighted by molar-refractivity contribution is 5.97. The molecule has 1 fully saturated rings. The van der Waals surface area contributed by atoms with Crippen molar-refractivity contribution in [3.63, 3.8) is 0 Å². The van der Waals surface area contributed by atoms with Gasteiger partial charge in [-0.25, -0.2) is 9.97 Å². The third kappa shape index (κ3) is 2.52. The third-order valence-electron chi connectivity index (χ3n) is 8.31. The lowest BCUT2D eigenvalue weighted by Gasteiger charge is -2.60. The quantitative estimate of drug-likeness (QED) is 0.485. The molecule has 32 heavy (non-hydrogen) atoms. The van der Waals surface area contributed by atoms with Gasteiger partial charge in [0, 0.05) is 29.8 Å². The van der Waals surface area contributed by atoms with Crippen LogP contribution in [0.5, 0.6) is 0 Å². The van der Waals surface area contributed by atoms with Gasteiger partial charge < -0.3 is 9.88 Å². The van der Waals surface area contributed by atoms with Gasteiger partial charge in [0.1, 0.15) is 0 Å². The van der Waals surface area contributed by atoms with Gasteiger partial charge in [-0.1, -0.05) is 20.8 Å². The first kappa shape index (κ1) is 19.4. The van der Waals surface area contributed by atoms with Crippen LogP contribution in [0.15, 0.2) is 42.9 Å². The molecule has 6 heteroatoms. The highest BCUT2D eigenvalue weighted by Gasteiger charge is 2.57. The van der Waals surface area contributed by atoms with Gasteiger partial charge in [0.15, 0.2) is 0 Å². The molecule has 2 aliphatic rings. The standard InChI is InChI=1S/C26H27N5O/c1-15-13-27-21-12-18-17(10-22(21)30-15)11-23-25(2,3)26(18,4)7-8-31(23)24(32)16-5-6-19-20(9-16)29-14-28-19/h5-6,9-10,12-14,23H,7-8,11H2,1-4H3,(H,28,29)/t23?,26-/m0/s1. The fraction of sp³-hybridized carbons (Fsp3) is 0.385. The number of imidazole rings is 1. The van der Waals surface area contributed by atoms with E-state index in [4.69, 9.17) is 4.98 Å². The zero-order valence-electron chi connectivity index (χ0n) is 18.9. The SMILES string of the molecule is Cc1cnc2cc3c(cc2n1)CC1N(C(=O)c2ccc4nc[nH]c4c2)CC[C@]3(C)C1(C)C. The molecule has 6 nitrogen and oxygen atoms in total. The van der Waals surface area contributed by atoms with Crippen LogP contribution in [0, 0.1) is 12.3 Å². The fourth-order valence-electron chi connectivity index (χ4n) is 5.99. The Labute approximate surface area is 187 Å². The summed E-state index contributed by atoms with van der Waals surface area (Å²) in [7, 11) is 0. The van der Waals surface area contributed by atoms with E-state index < -0.39 is 0 Å². The molecule has 0 radical (unpaired) electrons. The Balaban J connectivity index is 1.45. The molecular formula is C26H27N5O. The summed E-state index contributed by atoms with van der Waals surface area (Å²) in [5.41, 5.74) is 7.87. The summed E-state index contributed by atoms with van der Waals surface area (Å²) in [6.07, 6.45) is 5.26. The molecule has 2 aromatic heterocycles. The maximum atomic E-state index is 13.7. The summed E-state index contributed by atoms with van der Waals surface area (Å²) in [6.45, 7) is 9.74. The topological polar surface area (TPSA) is 74.8 Å². The molecular weight excluding hydrogens is 398 g/mol. The van der Waals surface area contributed by atoms with Crippen molar-refractivity contribution in [3.8, 4) is 0 Å². The summed E-state index contributed by atoms with van der Waals surface area (Å²) >= 11 is 0. The lowest BCUT2D eigenvalue weighted by Crippen LogP contribution is -2.64. The van der Waals surface area contributed by atoms with Crippen LogP contribution < -0.4 is 0 Å². The van der Waals surface area contributed by atoms with E-state index in [9.17, 15) is 4.79 Å². The first-order chi connectivity index (χ1) is 15.3. The molecule has 1 unspecified atom stereocenters. The van der Waals surface area contributed by atoms with E-state index in [0.717, 1.165) is 47.1 Å². The summed E-state index contributed by atoms with van der Waals surface area (Å²) < 4.78 is 0. The fourth-order valence-corrected chi connectivity index (χ4v) is 5.99. The van der Waals surface area contributed by atoms with Gasteiger partial charge in [-0.3, -0.25) is 9.78 Å². The van der Waals surface area contributed by atoms with Gasteiger partial charge in [-0.2, -0.15) is 0 Å². The van der Waals surface area contributed by atoms with Gasteiger partial charge in [-0.15, -0.1) is 0 Å². The van der Waals surface area contributed by atoms with Crippen LogP contribution >= 0.6 is 0 Å². The number of hydrogen-bond donors (Lipinski definition) is 1. The Morgan fingerprint density at radius 3 is 2.78 bits per heavy atom. The van der Waals surface area contributed by atoms with E-state index in [0.29, 0.717) is 5.56 Å². The van der Waals surface area contributed by atoms with Crippen molar-refractivity contribution in [2.24, 2.45) is 5.41 Å². The Bertz CT molecular complexity index is 1400. The largest absolute Gasteiger partial charge is 0.345 e. The van der Waals surface area contributed by atoms with E-state index >= 15 is 0 Å². The second-order valence-electron chi connectivity index (χ2n) is 10.2. The van der Waals surface area contributed by atoms with E-state index in [1.165, 1.54) is 11.1 Å². The van der Waals surface area contributed by atoms with Crippen molar-refractivity contribution in [3.05, 3.63) is 65.2 Å². The monoisotopic (exact) mass is 425 g/mol. The smallest absolute Gasteiger partial charge is 0.254 e. The van der Waals surface area contributed by atoms with Gasteiger partial charge in [0.2, 0.25) is 0 Å². The molecule has 2 aromatic carbocycles. The molecule has 0 saturated carbocycles. The Morgan fingerprint density at radius 1 is 1.09 bits per heavy atom. The number of H-pyrrole nitrogens is 1. The van der Waals surface area contributed by atoms with Crippen LogP contribution in [0.2, 0.25) is 0 Å². The number of piperidine rings is 1. The Kier molecular flexibility index (Phi) is 3.87. The first-order valence-electron chi connectivity index (χ1n) is 11.3. The zero-order valence-corrected chi connectivity index (χ0v) is 18.9. The highest BCUT2D eigenvalue weighted by Crippen LogP contribution is 2.56. The number of hydrogen-bond acceptors (Lipinski definition) is 4. The second kappa shape index (κ2) is 6.37. The third-order valence-corrected chi connectivity index (χ3v) is 8.31. The lowest BCUT2D eigenvalue weighted by molar-refractivity contribution is -0.0261. The molecule has 6 rings (SSSR count). The van der Waals surface area contributed by atoms with Crippen molar-refractivity contribution < 1.29 is 4.79 Å². The first-order valence-corrected chi connectivity index (χ1v) is 11.3. The van der Waals surface area contributed by atoms with Crippen LogP contribution in [0.25, 0.3) is 22.1 Å². The predicted molar refractivity (Wildman–Crippen MR) is 125 cm³/mol. The summed E-state index contributed by atoms with van der Waals surface area (Å²) in [5, 5.41) is 0. The van der Waals surface area contributed by atoms with E-state index in [1.54, 1.807) is 6.33 Å². The highest BCUT2D eigenvalue weighted by atomic mass is 16.2. The second-order valence-corrected chi connectivity index (χ2v) is 10.2. The number of benzene rings is 2. The predicted octanol–water partition coefficient (Wildman–Crippen LogP) is 4.57. The molecule has 2 bridgehead atoms. The van der Waals surface area contributed by atoms with Gasteiger partial charge >= 0.3 is 0 Å². The number of aromatic nitrogens is 4. The lowest BCUT2D eigenvalue weighted by atomic mass is 9.51. The number of aryl methyl sites for hydroxylation is 1. The molecule has 2 atom stereocenters. The maximum absolute atomic E-state index is 13.7. The van der Waals surface area contributed by atoms with Gasteiger partial charge in [0.25, 0.3) is 5.91 Å². The molecule has 3 heterocycles. The minimum absolute atomic E-state index is 0.0316. The number of nitrogens with one attached hydrogen (secondary N) is 1. The maximum Gasteiger partial charge on any atom is 0.254 e. The summed E-state index contributed by atoms with van der Waals surface area (Å²) in [6, 6.07) is 10.3. The Morgan fingerprint density at radius 2 is 1.94 bits per heavy atom. The van der Waals surface area contributed by atoms with Crippen LogP contribution in [0.1, 0.15) is 54.4 Å². The number of likely N-dealkylation sites (tertiary alicyclic amines) is 1. The number of rotatable bonds is 1. The van der Waals surface area contributed by atoms with Crippen molar-refractivity contribution in [1.82, 2.24) is 24.8 Å². The zero-order chi connectivity index (χ0) is 22.3. The molecule has 1 saturated heterocycles. The molecule has 1 aliphatic heterocycles. The minimum Gasteiger partial charge on any atom is -0.345 e. The van der Waals surface area contributed by atoms with Crippen LogP contribution in [-0.4, -0.2) is 43.3 Å². The van der Waals surface area contributed by atoms with Crippen molar-refractivity contribution in [1.29, 1.82) is 0 Å². The summed E-state index contributed by atoms with van der Waals surface area (Å²) in [4.78, 5) is 32.6. The van der Waals surface area contributed by atoms with Crippen molar-refractivity contribution in [2.45, 2.75) is 52.0 Å². The van der Waals surface area contributed by atoms with Crippen LogP contribution in [-0.2, 0) is 11.8 Å². The van der Waals surface area contributed by atoms with E-state index in [1.807, 2.05) is 31.3 Å². The average molecular weight is 426 g/mol. The number of carbonyl (C=O) groups is 1. The number of fused-ring (bicyclic) bond motifs is 6. The average Bonchev–Trinajstić information content (AvgIpc) is 3.23. The summed E-state index contributed by atoms with van der Waals surface area (Å²) in [5.74, 6) is 0.0986. The van der Waals surface area contributed by atoms with Crippen molar-refractivity contribution >= 4 is 28.0 Å². The van der Waals surface area contributed by atoms with Crippen LogP contribution in [0.4, 0.5) is 0 Å². The van der Waals surface area contributed by atoms with E-state index in [2.05, 4.69) is 52.8 Å². The normalized spacial score (nSPS) is 24.0. The number of nitrogens with zero attached hydrogens (tertiary/aromatic N) is 4. The minimum atomic E-state index is -0.0716. The van der Waals surface area contributed by atoms with Crippen LogP contribution in [0.3, 0.4) is 0 Å². The molecule has 1 amide bonds. The molecule has 0 spiro atoms. The van der Waals surface area contributed by atoms with Gasteiger partial charge in [0.05, 0.1) is 34.1 Å². The molecule has 1 aliphatic carbocycles. The Hall–Kier alpha value is -3.28. The molecule has 1 N–H and O–H groups in total.